The fourth-order valence-electron chi connectivity index (χ4n) is 2.72. The number of hydrogen-bond acceptors (Lipinski definition) is 4. The lowest BCUT2D eigenvalue weighted by Crippen LogP contribution is -2.31. The summed E-state index contributed by atoms with van der Waals surface area (Å²) in [7, 11) is 1.60. The highest BCUT2D eigenvalue weighted by Gasteiger charge is 2.17. The van der Waals surface area contributed by atoms with E-state index in [0.29, 0.717) is 23.0 Å². The minimum Gasteiger partial charge on any atom is -0.493 e. The molecule has 0 aliphatic heterocycles. The van der Waals surface area contributed by atoms with Gasteiger partial charge in [0, 0.05) is 6.54 Å². The molecule has 0 amide bonds. The van der Waals surface area contributed by atoms with Gasteiger partial charge in [0.1, 0.15) is 24.3 Å². The predicted molar refractivity (Wildman–Crippen MR) is 120 cm³/mol. The highest BCUT2D eigenvalue weighted by atomic mass is 32.1. The fraction of sp³-hybridized carbons (Fsp3) is 0.292. The first-order chi connectivity index (χ1) is 14.1. The van der Waals surface area contributed by atoms with Crippen molar-refractivity contribution in [3.8, 4) is 36.2 Å². The quantitative estimate of drug-likeness (QED) is 0.478. The van der Waals surface area contributed by atoms with E-state index in [2.05, 4.69) is 17.2 Å². The van der Waals surface area contributed by atoms with Crippen molar-refractivity contribution in [1.29, 1.82) is 0 Å². The number of thiocarbonyl (C=S) groups is 1. The van der Waals surface area contributed by atoms with Gasteiger partial charge in [0.05, 0.1) is 7.11 Å². The van der Waals surface area contributed by atoms with E-state index in [1.54, 1.807) is 7.11 Å². The zero-order valence-corrected chi connectivity index (χ0v) is 17.6. The maximum absolute atomic E-state index is 5.78. The Bertz CT molecular complexity index is 894. The molecule has 5 heteroatoms. The Labute approximate surface area is 178 Å². The molecule has 150 valence electrons. The molecule has 0 spiro atoms. The largest absolute Gasteiger partial charge is 0.493 e. The average molecular weight is 408 g/mol. The van der Waals surface area contributed by atoms with Crippen LogP contribution in [-0.2, 0) is 11.2 Å². The second kappa shape index (κ2) is 11.8. The van der Waals surface area contributed by atoms with Gasteiger partial charge in [-0.1, -0.05) is 60.0 Å². The molecule has 0 saturated carbocycles. The molecule has 29 heavy (non-hydrogen) atoms. The number of rotatable bonds is 10. The Kier molecular flexibility index (Phi) is 9.05. The molecule has 2 aromatic rings. The van der Waals surface area contributed by atoms with Crippen LogP contribution in [0.4, 0.5) is 0 Å². The van der Waals surface area contributed by atoms with Crippen LogP contribution in [0, 0.1) is 31.6 Å². The van der Waals surface area contributed by atoms with Crippen LogP contribution in [0.2, 0.25) is 0 Å². The van der Waals surface area contributed by atoms with Crippen LogP contribution < -0.4 is 14.8 Å². The summed E-state index contributed by atoms with van der Waals surface area (Å²) in [5.41, 5.74) is 3.23. The molecule has 1 atom stereocenters. The minimum absolute atomic E-state index is 0.191. The van der Waals surface area contributed by atoms with E-state index in [-0.39, 0.29) is 19.3 Å². The molecule has 0 saturated heterocycles. The lowest BCUT2D eigenvalue weighted by Gasteiger charge is -2.20. The van der Waals surface area contributed by atoms with E-state index in [9.17, 15) is 0 Å². The zero-order valence-electron chi connectivity index (χ0n) is 16.7. The van der Waals surface area contributed by atoms with E-state index < -0.39 is 0 Å². The van der Waals surface area contributed by atoms with Gasteiger partial charge in [-0.3, -0.25) is 0 Å². The first kappa shape index (κ1) is 22.3. The summed E-state index contributed by atoms with van der Waals surface area (Å²) in [6.07, 6.45) is 11.0. The molecule has 4 nitrogen and oxygen atoms in total. The van der Waals surface area contributed by atoms with Crippen molar-refractivity contribution >= 4 is 17.2 Å². The summed E-state index contributed by atoms with van der Waals surface area (Å²) in [5.74, 6) is 6.22. The molecule has 1 unspecified atom stereocenters. The Morgan fingerprint density at radius 3 is 2.45 bits per heavy atom. The van der Waals surface area contributed by atoms with Gasteiger partial charge in [-0.15, -0.1) is 12.8 Å². The van der Waals surface area contributed by atoms with Gasteiger partial charge in [0.2, 0.25) is 0 Å². The van der Waals surface area contributed by atoms with Gasteiger partial charge < -0.3 is 19.5 Å². The summed E-state index contributed by atoms with van der Waals surface area (Å²) in [4.78, 5) is 0.602. The van der Waals surface area contributed by atoms with Gasteiger partial charge in [-0.2, -0.15) is 0 Å². The topological polar surface area (TPSA) is 39.7 Å². The molecule has 0 fully saturated rings. The Morgan fingerprint density at radius 2 is 1.79 bits per heavy atom. The van der Waals surface area contributed by atoms with Gasteiger partial charge >= 0.3 is 0 Å². The first-order valence-corrected chi connectivity index (χ1v) is 9.62. The molecular weight excluding hydrogens is 382 g/mol. The Morgan fingerprint density at radius 1 is 1.07 bits per heavy atom. The van der Waals surface area contributed by atoms with Gasteiger partial charge in [-0.05, 0) is 36.6 Å². The summed E-state index contributed by atoms with van der Waals surface area (Å²) >= 11 is 5.57. The summed E-state index contributed by atoms with van der Waals surface area (Å²) in [5, 5.41) is 3.28. The van der Waals surface area contributed by atoms with E-state index in [4.69, 9.17) is 39.3 Å². The first-order valence-electron chi connectivity index (χ1n) is 9.21. The van der Waals surface area contributed by atoms with Crippen molar-refractivity contribution in [2.45, 2.75) is 19.4 Å². The molecule has 0 heterocycles. The second-order valence-corrected chi connectivity index (χ2v) is 6.76. The maximum atomic E-state index is 5.78. The monoisotopic (exact) mass is 407 g/mol. The van der Waals surface area contributed by atoms with Crippen molar-refractivity contribution in [2.75, 3.05) is 26.9 Å². The predicted octanol–water partition coefficient (Wildman–Crippen LogP) is 3.87. The number of ether oxygens (including phenoxy) is 3. The lowest BCUT2D eigenvalue weighted by molar-refractivity contribution is 0.127. The van der Waals surface area contributed by atoms with Crippen LogP contribution in [0.1, 0.15) is 22.8 Å². The number of hydrogen-bond donors (Lipinski definition) is 1. The number of nitrogens with one attached hydrogen (secondary N) is 1. The third-order valence-electron chi connectivity index (χ3n) is 4.20. The third kappa shape index (κ3) is 6.84. The number of aryl methyl sites for hydroxylation is 1. The SMILES string of the molecule is C#CCOc1ccc(CCNC(=S)C(OCC#C)c2ccc(C)cc2)cc1OC. The molecule has 2 aromatic carbocycles. The van der Waals surface area contributed by atoms with Crippen molar-refractivity contribution in [3.63, 3.8) is 0 Å². The molecule has 2 rings (SSSR count). The summed E-state index contributed by atoms with van der Waals surface area (Å²) < 4.78 is 16.6. The number of methoxy groups -OCH3 is 1. The molecule has 0 radical (unpaired) electrons. The molecule has 0 aliphatic rings. The highest BCUT2D eigenvalue weighted by molar-refractivity contribution is 7.80. The van der Waals surface area contributed by atoms with Crippen LogP contribution in [-0.4, -0.2) is 31.9 Å². The van der Waals surface area contributed by atoms with Crippen molar-refractivity contribution < 1.29 is 14.2 Å². The van der Waals surface area contributed by atoms with Crippen molar-refractivity contribution in [3.05, 3.63) is 59.2 Å². The van der Waals surface area contributed by atoms with Crippen molar-refractivity contribution in [1.82, 2.24) is 5.32 Å². The van der Waals surface area contributed by atoms with Crippen LogP contribution in [0.5, 0.6) is 11.5 Å². The maximum Gasteiger partial charge on any atom is 0.162 e. The Hall–Kier alpha value is -2.99. The zero-order chi connectivity index (χ0) is 21.1. The van der Waals surface area contributed by atoms with Crippen LogP contribution in [0.15, 0.2) is 42.5 Å². The molecule has 0 bridgehead atoms. The summed E-state index contributed by atoms with van der Waals surface area (Å²) in [6.45, 7) is 3.07. The normalized spacial score (nSPS) is 11.0. The third-order valence-corrected chi connectivity index (χ3v) is 4.56. The van der Waals surface area contributed by atoms with Gasteiger partial charge in [0.15, 0.2) is 11.5 Å². The van der Waals surface area contributed by atoms with Gasteiger partial charge in [-0.25, -0.2) is 0 Å². The fourth-order valence-corrected chi connectivity index (χ4v) is 3.03. The molecular formula is C24H25NO3S. The van der Waals surface area contributed by atoms with E-state index in [1.807, 2.05) is 49.4 Å². The molecule has 0 aliphatic carbocycles. The Balaban J connectivity index is 1.98. The van der Waals surface area contributed by atoms with Crippen LogP contribution in [0.25, 0.3) is 0 Å². The lowest BCUT2D eigenvalue weighted by atomic mass is 10.1. The highest BCUT2D eigenvalue weighted by Crippen LogP contribution is 2.28. The summed E-state index contributed by atoms with van der Waals surface area (Å²) in [6, 6.07) is 13.8. The number of benzene rings is 2. The van der Waals surface area contributed by atoms with Crippen LogP contribution in [0.3, 0.4) is 0 Å². The van der Waals surface area contributed by atoms with Crippen molar-refractivity contribution in [2.24, 2.45) is 0 Å². The van der Waals surface area contributed by atoms with E-state index in [0.717, 1.165) is 17.5 Å². The average Bonchev–Trinajstić information content (AvgIpc) is 2.74. The molecule has 1 N–H and O–H groups in total. The van der Waals surface area contributed by atoms with E-state index >= 15 is 0 Å². The molecule has 0 aromatic heterocycles. The minimum atomic E-state index is -0.379. The van der Waals surface area contributed by atoms with Crippen LogP contribution >= 0.6 is 12.2 Å². The van der Waals surface area contributed by atoms with Gasteiger partial charge in [0.25, 0.3) is 0 Å². The number of terminal acetylenes is 2. The van der Waals surface area contributed by atoms with E-state index in [1.165, 1.54) is 5.56 Å². The standard InChI is InChI=1S/C24H25NO3S/c1-5-15-27-21-12-9-19(17-22(21)26-4)13-14-25-24(29)23(28-16-6-2)20-10-7-18(3)8-11-20/h1-2,7-12,17,23H,13-16H2,3-4H3,(H,25,29). The smallest absolute Gasteiger partial charge is 0.162 e. The second-order valence-electron chi connectivity index (χ2n) is 6.32.